The average Bonchev–Trinajstić information content (AvgIpc) is 2.92. The highest BCUT2D eigenvalue weighted by molar-refractivity contribution is 5.83. The number of likely N-dealkylation sites (N-methyl/N-ethyl adjacent to an activating group) is 1. The molecule has 1 nitrogen and oxygen atoms in total. The van der Waals surface area contributed by atoms with Gasteiger partial charge in [0.25, 0.3) is 0 Å². The van der Waals surface area contributed by atoms with Gasteiger partial charge in [0.15, 0.2) is 0 Å². The van der Waals surface area contributed by atoms with Gasteiger partial charge in [-0.25, -0.2) is 0 Å². The molecule has 0 aliphatic heterocycles. The van der Waals surface area contributed by atoms with Crippen LogP contribution in [-0.2, 0) is 6.42 Å². The SMILES string of the molecule is CNC(Cc1ccc2ccccc2c1)C1(C)CCCC1. The second-order valence-corrected chi connectivity index (χ2v) is 6.59. The maximum Gasteiger partial charge on any atom is 0.0158 e. The van der Waals surface area contributed by atoms with E-state index in [1.165, 1.54) is 42.0 Å². The van der Waals surface area contributed by atoms with Gasteiger partial charge in [-0.1, -0.05) is 62.2 Å². The molecule has 2 aromatic rings. The first-order chi connectivity index (χ1) is 9.71. The molecule has 0 bridgehead atoms. The summed E-state index contributed by atoms with van der Waals surface area (Å²) in [5, 5.41) is 6.28. The van der Waals surface area contributed by atoms with Crippen LogP contribution in [0.15, 0.2) is 42.5 Å². The molecule has 1 saturated carbocycles. The fourth-order valence-corrected chi connectivity index (χ4v) is 3.83. The average molecular weight is 267 g/mol. The molecule has 1 fully saturated rings. The third-order valence-corrected chi connectivity index (χ3v) is 5.19. The number of hydrogen-bond donors (Lipinski definition) is 1. The van der Waals surface area contributed by atoms with Crippen molar-refractivity contribution in [3.63, 3.8) is 0 Å². The minimum absolute atomic E-state index is 0.473. The molecule has 0 aromatic heterocycles. The van der Waals surface area contributed by atoms with Crippen LogP contribution >= 0.6 is 0 Å². The Morgan fingerprint density at radius 2 is 1.75 bits per heavy atom. The van der Waals surface area contributed by atoms with Gasteiger partial charge in [-0.15, -0.1) is 0 Å². The fourth-order valence-electron chi connectivity index (χ4n) is 3.83. The van der Waals surface area contributed by atoms with Crippen LogP contribution in [-0.4, -0.2) is 13.1 Å². The summed E-state index contributed by atoms with van der Waals surface area (Å²) in [7, 11) is 2.12. The van der Waals surface area contributed by atoms with Gasteiger partial charge in [0.1, 0.15) is 0 Å². The Morgan fingerprint density at radius 3 is 2.45 bits per heavy atom. The number of fused-ring (bicyclic) bond motifs is 1. The van der Waals surface area contributed by atoms with Gasteiger partial charge in [0.05, 0.1) is 0 Å². The Hall–Kier alpha value is -1.34. The molecule has 0 heterocycles. The first kappa shape index (κ1) is 13.6. The zero-order chi connectivity index (χ0) is 14.0. The molecular formula is C19H25N. The summed E-state index contributed by atoms with van der Waals surface area (Å²) in [5.41, 5.74) is 1.93. The number of rotatable bonds is 4. The largest absolute Gasteiger partial charge is 0.316 e. The van der Waals surface area contributed by atoms with Crippen molar-refractivity contribution < 1.29 is 0 Å². The van der Waals surface area contributed by atoms with Crippen molar-refractivity contribution in [3.8, 4) is 0 Å². The summed E-state index contributed by atoms with van der Waals surface area (Å²) in [5.74, 6) is 0. The quantitative estimate of drug-likeness (QED) is 0.857. The molecule has 1 heteroatoms. The van der Waals surface area contributed by atoms with E-state index < -0.39 is 0 Å². The summed E-state index contributed by atoms with van der Waals surface area (Å²) in [6.45, 7) is 2.46. The molecule has 0 spiro atoms. The minimum atomic E-state index is 0.473. The maximum absolute atomic E-state index is 3.58. The lowest BCUT2D eigenvalue weighted by Gasteiger charge is -2.34. The van der Waals surface area contributed by atoms with Crippen LogP contribution in [0.3, 0.4) is 0 Å². The van der Waals surface area contributed by atoms with Gasteiger partial charge >= 0.3 is 0 Å². The Labute approximate surface area is 122 Å². The zero-order valence-electron chi connectivity index (χ0n) is 12.7. The van der Waals surface area contributed by atoms with Crippen LogP contribution in [0.2, 0.25) is 0 Å². The van der Waals surface area contributed by atoms with Crippen molar-refractivity contribution >= 4 is 10.8 Å². The van der Waals surface area contributed by atoms with Crippen molar-refractivity contribution in [1.82, 2.24) is 5.32 Å². The van der Waals surface area contributed by atoms with Crippen LogP contribution in [0.4, 0.5) is 0 Å². The van der Waals surface area contributed by atoms with Gasteiger partial charge in [0.2, 0.25) is 0 Å². The third-order valence-electron chi connectivity index (χ3n) is 5.19. The molecular weight excluding hydrogens is 242 g/mol. The molecule has 0 amide bonds. The predicted molar refractivity (Wildman–Crippen MR) is 87.1 cm³/mol. The van der Waals surface area contributed by atoms with E-state index in [1.807, 2.05) is 0 Å². The first-order valence-electron chi connectivity index (χ1n) is 7.86. The van der Waals surface area contributed by atoms with Gasteiger partial charge in [0, 0.05) is 6.04 Å². The minimum Gasteiger partial charge on any atom is -0.316 e. The second kappa shape index (κ2) is 5.57. The smallest absolute Gasteiger partial charge is 0.0158 e. The first-order valence-corrected chi connectivity index (χ1v) is 7.86. The lowest BCUT2D eigenvalue weighted by Crippen LogP contribution is -2.41. The van der Waals surface area contributed by atoms with E-state index in [0.717, 1.165) is 6.42 Å². The molecule has 20 heavy (non-hydrogen) atoms. The van der Waals surface area contributed by atoms with Crippen LogP contribution in [0.25, 0.3) is 10.8 Å². The van der Waals surface area contributed by atoms with Crippen LogP contribution in [0, 0.1) is 5.41 Å². The highest BCUT2D eigenvalue weighted by atomic mass is 14.9. The number of benzene rings is 2. The molecule has 1 N–H and O–H groups in total. The summed E-state index contributed by atoms with van der Waals surface area (Å²) >= 11 is 0. The van der Waals surface area contributed by atoms with Crippen LogP contribution in [0.5, 0.6) is 0 Å². The van der Waals surface area contributed by atoms with Crippen LogP contribution in [0.1, 0.15) is 38.2 Å². The van der Waals surface area contributed by atoms with E-state index in [9.17, 15) is 0 Å². The molecule has 0 saturated heterocycles. The summed E-state index contributed by atoms with van der Waals surface area (Å²) in [6, 6.07) is 16.1. The summed E-state index contributed by atoms with van der Waals surface area (Å²) in [4.78, 5) is 0. The topological polar surface area (TPSA) is 12.0 Å². The Bertz CT molecular complexity index is 581. The highest BCUT2D eigenvalue weighted by Crippen LogP contribution is 2.41. The highest BCUT2D eigenvalue weighted by Gasteiger charge is 2.35. The van der Waals surface area contributed by atoms with E-state index in [2.05, 4.69) is 61.8 Å². The van der Waals surface area contributed by atoms with E-state index in [1.54, 1.807) is 0 Å². The molecule has 0 radical (unpaired) electrons. The summed E-state index contributed by atoms with van der Waals surface area (Å²) < 4.78 is 0. The standard InChI is InChI=1S/C19H25N/c1-19(11-5-6-12-19)18(20-2)14-15-9-10-16-7-3-4-8-17(16)13-15/h3-4,7-10,13,18,20H,5-6,11-12,14H2,1-2H3. The molecule has 1 aliphatic carbocycles. The van der Waals surface area contributed by atoms with Gasteiger partial charge in [-0.3, -0.25) is 0 Å². The maximum atomic E-state index is 3.58. The Balaban J connectivity index is 1.83. The van der Waals surface area contributed by atoms with Crippen LogP contribution < -0.4 is 5.32 Å². The summed E-state index contributed by atoms with van der Waals surface area (Å²) in [6.07, 6.45) is 6.66. The lowest BCUT2D eigenvalue weighted by molar-refractivity contribution is 0.229. The Morgan fingerprint density at radius 1 is 1.05 bits per heavy atom. The Kier molecular flexibility index (Phi) is 3.80. The zero-order valence-corrected chi connectivity index (χ0v) is 12.7. The van der Waals surface area contributed by atoms with E-state index >= 15 is 0 Å². The predicted octanol–water partition coefficient (Wildman–Crippen LogP) is 4.55. The molecule has 1 atom stereocenters. The third kappa shape index (κ3) is 2.60. The van der Waals surface area contributed by atoms with E-state index in [-0.39, 0.29) is 0 Å². The molecule has 1 aliphatic rings. The molecule has 2 aromatic carbocycles. The molecule has 3 rings (SSSR count). The van der Waals surface area contributed by atoms with Crippen molar-refractivity contribution in [1.29, 1.82) is 0 Å². The number of nitrogens with one attached hydrogen (secondary N) is 1. The van der Waals surface area contributed by atoms with Crippen molar-refractivity contribution in [2.75, 3.05) is 7.05 Å². The fraction of sp³-hybridized carbons (Fsp3) is 0.474. The van der Waals surface area contributed by atoms with E-state index in [4.69, 9.17) is 0 Å². The normalized spacial score (nSPS) is 19.3. The van der Waals surface area contributed by atoms with Gasteiger partial charge < -0.3 is 5.32 Å². The van der Waals surface area contributed by atoms with Crippen molar-refractivity contribution in [2.45, 2.75) is 45.1 Å². The second-order valence-electron chi connectivity index (χ2n) is 6.59. The van der Waals surface area contributed by atoms with Gasteiger partial charge in [-0.2, -0.15) is 0 Å². The monoisotopic (exact) mass is 267 g/mol. The lowest BCUT2D eigenvalue weighted by atomic mass is 9.78. The molecule has 1 unspecified atom stereocenters. The van der Waals surface area contributed by atoms with Crippen molar-refractivity contribution in [2.24, 2.45) is 5.41 Å². The number of hydrogen-bond acceptors (Lipinski definition) is 1. The molecule has 106 valence electrons. The van der Waals surface area contributed by atoms with Crippen molar-refractivity contribution in [3.05, 3.63) is 48.0 Å². The van der Waals surface area contributed by atoms with E-state index in [0.29, 0.717) is 11.5 Å². The van der Waals surface area contributed by atoms with Gasteiger partial charge in [-0.05, 0) is 48.1 Å².